The van der Waals surface area contributed by atoms with Crippen LogP contribution < -0.4 is 5.32 Å². The number of hydrogen-bond donors (Lipinski definition) is 2. The van der Waals surface area contributed by atoms with Gasteiger partial charge in [0.1, 0.15) is 11.4 Å². The van der Waals surface area contributed by atoms with Gasteiger partial charge in [0.05, 0.1) is 18.9 Å². The first-order chi connectivity index (χ1) is 10.1. The molecule has 110 valence electrons. The molecule has 0 saturated heterocycles. The van der Waals surface area contributed by atoms with Crippen LogP contribution in [0.3, 0.4) is 0 Å². The summed E-state index contributed by atoms with van der Waals surface area (Å²) in [5.74, 6) is -1.31. The maximum absolute atomic E-state index is 12.0. The van der Waals surface area contributed by atoms with Crippen LogP contribution in [0.25, 0.3) is 0 Å². The molecule has 0 aliphatic heterocycles. The van der Waals surface area contributed by atoms with Crippen LogP contribution in [0.15, 0.2) is 35.0 Å². The molecule has 7 heteroatoms. The summed E-state index contributed by atoms with van der Waals surface area (Å²) in [5, 5.41) is 18.9. The van der Waals surface area contributed by atoms with Gasteiger partial charge in [0.15, 0.2) is 0 Å². The highest BCUT2D eigenvalue weighted by atomic mass is 16.6. The van der Waals surface area contributed by atoms with Crippen molar-refractivity contribution in [3.8, 4) is 0 Å². The number of nitrogens with zero attached hydrogens (tertiary/aromatic N) is 2. The fraction of sp³-hybridized carbons (Fsp3) is 0.286. The zero-order valence-corrected chi connectivity index (χ0v) is 11.4. The smallest absolute Gasteiger partial charge is 0.305 e. The normalized spacial score (nSPS) is 11.9. The minimum Gasteiger partial charge on any atom is -0.481 e. The number of amides is 1. The van der Waals surface area contributed by atoms with E-state index < -0.39 is 12.0 Å². The van der Waals surface area contributed by atoms with Gasteiger partial charge >= 0.3 is 5.97 Å². The second kappa shape index (κ2) is 6.65. The molecule has 2 N–H and O–H groups in total. The van der Waals surface area contributed by atoms with Gasteiger partial charge in [0, 0.05) is 0 Å². The molecule has 1 aromatic carbocycles. The van der Waals surface area contributed by atoms with Gasteiger partial charge in [0.25, 0.3) is 0 Å². The Bertz CT molecular complexity index is 624. The molecule has 0 radical (unpaired) electrons. The minimum absolute atomic E-state index is 0.00170. The molecule has 1 unspecified atom stereocenters. The van der Waals surface area contributed by atoms with Crippen molar-refractivity contribution in [2.24, 2.45) is 0 Å². The molecular formula is C14H15N3O4. The average molecular weight is 289 g/mol. The van der Waals surface area contributed by atoms with Gasteiger partial charge in [-0.25, -0.2) is 4.63 Å². The molecule has 0 aliphatic rings. The lowest BCUT2D eigenvalue weighted by Crippen LogP contribution is -2.31. The highest BCUT2D eigenvalue weighted by Crippen LogP contribution is 2.16. The number of aromatic nitrogens is 2. The molecule has 7 nitrogen and oxygen atoms in total. The monoisotopic (exact) mass is 289 g/mol. The Hall–Kier alpha value is -2.70. The van der Waals surface area contributed by atoms with Gasteiger partial charge in [-0.2, -0.15) is 0 Å². The standard InChI is InChI=1S/C14H15N3O4/c1-9-11(17-21-16-9)7-13(18)15-12(8-14(19)20)10-5-3-2-4-6-10/h2-6,12H,7-8H2,1H3,(H,15,18)(H,19,20). The van der Waals surface area contributed by atoms with E-state index in [1.54, 1.807) is 31.2 Å². The second-order valence-corrected chi connectivity index (χ2v) is 4.60. The molecule has 0 spiro atoms. The predicted octanol–water partition coefficient (Wildman–Crippen LogP) is 1.25. The van der Waals surface area contributed by atoms with Gasteiger partial charge in [0.2, 0.25) is 5.91 Å². The summed E-state index contributed by atoms with van der Waals surface area (Å²) in [4.78, 5) is 23.0. The number of benzene rings is 1. The fourth-order valence-corrected chi connectivity index (χ4v) is 1.92. The Labute approximate surface area is 120 Å². The molecule has 0 aliphatic carbocycles. The third kappa shape index (κ3) is 4.13. The summed E-state index contributed by atoms with van der Waals surface area (Å²) < 4.78 is 4.53. The van der Waals surface area contributed by atoms with Crippen LogP contribution in [0.4, 0.5) is 0 Å². The molecule has 1 heterocycles. The number of carboxylic acid groups (broad SMARTS) is 1. The Morgan fingerprint density at radius 1 is 1.29 bits per heavy atom. The third-order valence-electron chi connectivity index (χ3n) is 2.99. The molecule has 1 aromatic heterocycles. The van der Waals surface area contributed by atoms with Gasteiger partial charge in [-0.3, -0.25) is 9.59 Å². The van der Waals surface area contributed by atoms with Crippen molar-refractivity contribution < 1.29 is 19.3 Å². The Balaban J connectivity index is 2.06. The van der Waals surface area contributed by atoms with E-state index in [-0.39, 0.29) is 18.7 Å². The van der Waals surface area contributed by atoms with Crippen molar-refractivity contribution >= 4 is 11.9 Å². The highest BCUT2D eigenvalue weighted by Gasteiger charge is 2.19. The van der Waals surface area contributed by atoms with E-state index in [0.29, 0.717) is 11.4 Å². The largest absolute Gasteiger partial charge is 0.481 e. The quantitative estimate of drug-likeness (QED) is 0.829. The number of aliphatic carboxylic acids is 1. The van der Waals surface area contributed by atoms with Gasteiger partial charge < -0.3 is 10.4 Å². The van der Waals surface area contributed by atoms with Crippen LogP contribution in [0, 0.1) is 6.92 Å². The summed E-state index contributed by atoms with van der Waals surface area (Å²) >= 11 is 0. The van der Waals surface area contributed by atoms with Crippen LogP contribution in [0.5, 0.6) is 0 Å². The van der Waals surface area contributed by atoms with Crippen molar-refractivity contribution in [1.29, 1.82) is 0 Å². The second-order valence-electron chi connectivity index (χ2n) is 4.60. The SMILES string of the molecule is Cc1nonc1CC(=O)NC(CC(=O)O)c1ccccc1. The summed E-state index contributed by atoms with van der Waals surface area (Å²) in [5.41, 5.74) is 1.72. The number of carboxylic acids is 1. The molecule has 2 rings (SSSR count). The topological polar surface area (TPSA) is 105 Å². The van der Waals surface area contributed by atoms with E-state index in [0.717, 1.165) is 5.56 Å². The van der Waals surface area contributed by atoms with Crippen LogP contribution in [-0.2, 0) is 16.0 Å². The third-order valence-corrected chi connectivity index (χ3v) is 2.99. The maximum atomic E-state index is 12.0. The van der Waals surface area contributed by atoms with E-state index in [4.69, 9.17) is 5.11 Å². The molecule has 0 saturated carbocycles. The number of carbonyl (C=O) groups excluding carboxylic acids is 1. The first kappa shape index (κ1) is 14.7. The van der Waals surface area contributed by atoms with Crippen LogP contribution >= 0.6 is 0 Å². The number of rotatable bonds is 6. The van der Waals surface area contributed by atoms with E-state index in [1.807, 2.05) is 6.07 Å². The van der Waals surface area contributed by atoms with E-state index in [1.165, 1.54) is 0 Å². The van der Waals surface area contributed by atoms with Gasteiger partial charge in [-0.15, -0.1) is 0 Å². The molecule has 0 bridgehead atoms. The minimum atomic E-state index is -0.983. The van der Waals surface area contributed by atoms with Crippen molar-refractivity contribution in [1.82, 2.24) is 15.6 Å². The molecular weight excluding hydrogens is 274 g/mol. The first-order valence-corrected chi connectivity index (χ1v) is 6.40. The van der Waals surface area contributed by atoms with Crippen LogP contribution in [0.1, 0.15) is 29.4 Å². The Morgan fingerprint density at radius 3 is 2.57 bits per heavy atom. The lowest BCUT2D eigenvalue weighted by Gasteiger charge is -2.17. The summed E-state index contributed by atoms with van der Waals surface area (Å²) in [7, 11) is 0. The van der Waals surface area contributed by atoms with Crippen molar-refractivity contribution in [2.45, 2.75) is 25.8 Å². The molecule has 0 fully saturated rings. The lowest BCUT2D eigenvalue weighted by atomic mass is 10.0. The number of hydrogen-bond acceptors (Lipinski definition) is 5. The highest BCUT2D eigenvalue weighted by molar-refractivity contribution is 5.79. The lowest BCUT2D eigenvalue weighted by molar-refractivity contribution is -0.137. The number of carbonyl (C=O) groups is 2. The Kier molecular flexibility index (Phi) is 4.65. The van der Waals surface area contributed by atoms with Crippen molar-refractivity contribution in [2.75, 3.05) is 0 Å². The average Bonchev–Trinajstić information content (AvgIpc) is 2.84. The summed E-state index contributed by atoms with van der Waals surface area (Å²) in [6.07, 6.45) is -0.190. The van der Waals surface area contributed by atoms with E-state index >= 15 is 0 Å². The summed E-state index contributed by atoms with van der Waals surface area (Å²) in [6.45, 7) is 1.69. The van der Waals surface area contributed by atoms with E-state index in [2.05, 4.69) is 20.3 Å². The predicted molar refractivity (Wildman–Crippen MR) is 72.3 cm³/mol. The molecule has 1 atom stereocenters. The van der Waals surface area contributed by atoms with Crippen molar-refractivity contribution in [3.63, 3.8) is 0 Å². The zero-order valence-electron chi connectivity index (χ0n) is 11.4. The number of aryl methyl sites for hydroxylation is 1. The first-order valence-electron chi connectivity index (χ1n) is 6.40. The molecule has 21 heavy (non-hydrogen) atoms. The molecule has 2 aromatic rings. The van der Waals surface area contributed by atoms with Crippen LogP contribution in [0.2, 0.25) is 0 Å². The maximum Gasteiger partial charge on any atom is 0.305 e. The van der Waals surface area contributed by atoms with E-state index in [9.17, 15) is 9.59 Å². The molecule has 1 amide bonds. The number of nitrogens with one attached hydrogen (secondary N) is 1. The fourth-order valence-electron chi connectivity index (χ4n) is 1.92. The Morgan fingerprint density at radius 2 is 2.00 bits per heavy atom. The zero-order chi connectivity index (χ0) is 15.2. The van der Waals surface area contributed by atoms with Gasteiger partial charge in [-0.05, 0) is 12.5 Å². The summed E-state index contributed by atoms with van der Waals surface area (Å²) in [6, 6.07) is 8.38. The van der Waals surface area contributed by atoms with Crippen molar-refractivity contribution in [3.05, 3.63) is 47.3 Å². The van der Waals surface area contributed by atoms with Crippen LogP contribution in [-0.4, -0.2) is 27.3 Å². The van der Waals surface area contributed by atoms with Gasteiger partial charge in [-0.1, -0.05) is 40.6 Å².